The van der Waals surface area contributed by atoms with Crippen molar-refractivity contribution in [3.63, 3.8) is 0 Å². The van der Waals surface area contributed by atoms with E-state index in [0.29, 0.717) is 29.2 Å². The smallest absolute Gasteiger partial charge is 0.338 e. The van der Waals surface area contributed by atoms with E-state index in [2.05, 4.69) is 10.3 Å². The van der Waals surface area contributed by atoms with Gasteiger partial charge in [0.15, 0.2) is 5.16 Å². The number of benzene rings is 2. The minimum Gasteiger partial charge on any atom is -0.462 e. The zero-order chi connectivity index (χ0) is 19.9. The molecule has 0 saturated heterocycles. The van der Waals surface area contributed by atoms with Crippen LogP contribution >= 0.6 is 11.8 Å². The number of imidazole rings is 1. The van der Waals surface area contributed by atoms with Crippen LogP contribution in [0.4, 0.5) is 5.69 Å². The van der Waals surface area contributed by atoms with Crippen molar-refractivity contribution in [2.75, 3.05) is 11.9 Å². The molecule has 144 valence electrons. The predicted molar refractivity (Wildman–Crippen MR) is 110 cm³/mol. The van der Waals surface area contributed by atoms with E-state index in [1.54, 1.807) is 55.2 Å². The molecule has 28 heavy (non-hydrogen) atoms. The van der Waals surface area contributed by atoms with Crippen molar-refractivity contribution < 1.29 is 14.3 Å². The molecule has 2 aromatic carbocycles. The first-order valence-electron chi connectivity index (χ1n) is 8.84. The van der Waals surface area contributed by atoms with E-state index >= 15 is 0 Å². The summed E-state index contributed by atoms with van der Waals surface area (Å²) in [5.74, 6) is 0.0707. The summed E-state index contributed by atoms with van der Waals surface area (Å²) in [5.41, 5.74) is 2.53. The summed E-state index contributed by atoms with van der Waals surface area (Å²) in [6, 6.07) is 14.2. The van der Waals surface area contributed by atoms with E-state index in [9.17, 15) is 9.59 Å². The van der Waals surface area contributed by atoms with Crippen LogP contribution in [0.1, 0.15) is 33.2 Å². The van der Waals surface area contributed by atoms with Crippen molar-refractivity contribution in [3.8, 4) is 0 Å². The Labute approximate surface area is 167 Å². The lowest BCUT2D eigenvalue weighted by molar-refractivity contribution is 0.0526. The lowest BCUT2D eigenvalue weighted by atomic mass is 10.1. The predicted octanol–water partition coefficient (Wildman–Crippen LogP) is 4.14. The van der Waals surface area contributed by atoms with Crippen LogP contribution in [0.25, 0.3) is 0 Å². The maximum absolute atomic E-state index is 12.6. The van der Waals surface area contributed by atoms with Crippen molar-refractivity contribution in [1.82, 2.24) is 9.55 Å². The van der Waals surface area contributed by atoms with Crippen LogP contribution in [0.3, 0.4) is 0 Å². The van der Waals surface area contributed by atoms with E-state index in [-0.39, 0.29) is 5.91 Å². The third-order valence-corrected chi connectivity index (χ3v) is 5.09. The molecule has 1 amide bonds. The Morgan fingerprint density at radius 3 is 2.68 bits per heavy atom. The minimum absolute atomic E-state index is 0.232. The van der Waals surface area contributed by atoms with Crippen LogP contribution in [0, 0.1) is 0 Å². The number of carbonyl (C=O) groups is 2. The molecule has 0 atom stereocenters. The number of rotatable bonds is 7. The molecular weight excluding hydrogens is 374 g/mol. The van der Waals surface area contributed by atoms with Gasteiger partial charge in [-0.2, -0.15) is 0 Å². The number of nitrogens with zero attached hydrogens (tertiary/aromatic N) is 2. The van der Waals surface area contributed by atoms with Gasteiger partial charge < -0.3 is 14.6 Å². The van der Waals surface area contributed by atoms with Gasteiger partial charge in [-0.25, -0.2) is 9.78 Å². The van der Waals surface area contributed by atoms with Crippen molar-refractivity contribution >= 4 is 29.3 Å². The summed E-state index contributed by atoms with van der Waals surface area (Å²) >= 11 is 1.61. The van der Waals surface area contributed by atoms with Crippen molar-refractivity contribution in [2.45, 2.75) is 17.8 Å². The second-order valence-electron chi connectivity index (χ2n) is 6.07. The lowest BCUT2D eigenvalue weighted by Gasteiger charge is -2.09. The lowest BCUT2D eigenvalue weighted by Crippen LogP contribution is -2.13. The van der Waals surface area contributed by atoms with E-state index < -0.39 is 5.97 Å². The fraction of sp³-hybridized carbons (Fsp3) is 0.190. The second-order valence-corrected chi connectivity index (χ2v) is 7.01. The van der Waals surface area contributed by atoms with Gasteiger partial charge >= 0.3 is 5.97 Å². The molecule has 0 aliphatic heterocycles. The average molecular weight is 395 g/mol. The highest BCUT2D eigenvalue weighted by Gasteiger charge is 2.11. The van der Waals surface area contributed by atoms with Crippen LogP contribution in [0.5, 0.6) is 0 Å². The van der Waals surface area contributed by atoms with Crippen molar-refractivity contribution in [1.29, 1.82) is 0 Å². The van der Waals surface area contributed by atoms with E-state index in [1.807, 2.05) is 36.0 Å². The fourth-order valence-electron chi connectivity index (χ4n) is 2.58. The van der Waals surface area contributed by atoms with E-state index in [0.717, 1.165) is 10.7 Å². The first kappa shape index (κ1) is 19.7. The van der Waals surface area contributed by atoms with Gasteiger partial charge in [-0.1, -0.05) is 30.0 Å². The number of hydrogen-bond donors (Lipinski definition) is 1. The molecule has 7 heteroatoms. The third kappa shape index (κ3) is 5.01. The number of carbonyl (C=O) groups excluding carboxylic acids is 2. The summed E-state index contributed by atoms with van der Waals surface area (Å²) in [6.07, 6.45) is 3.66. The Balaban J connectivity index is 1.67. The summed E-state index contributed by atoms with van der Waals surface area (Å²) in [6.45, 7) is 2.06. The highest BCUT2D eigenvalue weighted by atomic mass is 32.2. The van der Waals surface area contributed by atoms with Crippen LogP contribution in [0.15, 0.2) is 66.1 Å². The topological polar surface area (TPSA) is 73.2 Å². The molecule has 0 aliphatic carbocycles. The fourth-order valence-corrected chi connectivity index (χ4v) is 3.46. The molecule has 0 saturated carbocycles. The van der Waals surface area contributed by atoms with E-state index in [4.69, 9.17) is 4.74 Å². The zero-order valence-electron chi connectivity index (χ0n) is 15.7. The maximum Gasteiger partial charge on any atom is 0.338 e. The summed E-state index contributed by atoms with van der Waals surface area (Å²) in [4.78, 5) is 28.7. The summed E-state index contributed by atoms with van der Waals surface area (Å²) < 4.78 is 6.95. The highest BCUT2D eigenvalue weighted by Crippen LogP contribution is 2.21. The molecule has 6 nitrogen and oxygen atoms in total. The van der Waals surface area contributed by atoms with Gasteiger partial charge in [0.25, 0.3) is 5.91 Å². The Morgan fingerprint density at radius 2 is 1.93 bits per heavy atom. The standard InChI is InChI=1S/C21H21N3O3S/c1-3-27-20(26)17-8-5-9-18(13-17)23-19(25)16-7-4-6-15(12-16)14-28-21-22-10-11-24(21)2/h4-13H,3,14H2,1-2H3,(H,23,25). The molecular formula is C21H21N3O3S. The molecule has 0 radical (unpaired) electrons. The van der Waals surface area contributed by atoms with Gasteiger partial charge in [0.2, 0.25) is 0 Å². The van der Waals surface area contributed by atoms with Crippen molar-refractivity contribution in [3.05, 3.63) is 77.6 Å². The highest BCUT2D eigenvalue weighted by molar-refractivity contribution is 7.98. The molecule has 0 fully saturated rings. The van der Waals surface area contributed by atoms with Crippen LogP contribution in [0.2, 0.25) is 0 Å². The first-order valence-corrected chi connectivity index (χ1v) is 9.83. The third-order valence-electron chi connectivity index (χ3n) is 3.97. The Morgan fingerprint density at radius 1 is 1.14 bits per heavy atom. The molecule has 3 rings (SSSR count). The van der Waals surface area contributed by atoms with Gasteiger partial charge in [-0.15, -0.1) is 0 Å². The molecule has 0 unspecified atom stereocenters. The Kier molecular flexibility index (Phi) is 6.49. The van der Waals surface area contributed by atoms with E-state index in [1.165, 1.54) is 0 Å². The molecule has 1 aromatic heterocycles. The number of esters is 1. The number of nitrogens with one attached hydrogen (secondary N) is 1. The van der Waals surface area contributed by atoms with Crippen LogP contribution < -0.4 is 5.32 Å². The summed E-state index contributed by atoms with van der Waals surface area (Å²) in [7, 11) is 1.95. The number of thioether (sulfide) groups is 1. The zero-order valence-corrected chi connectivity index (χ0v) is 16.5. The molecule has 1 N–H and O–H groups in total. The molecule has 0 bridgehead atoms. The number of amides is 1. The maximum atomic E-state index is 12.6. The Hall–Kier alpha value is -3.06. The van der Waals surface area contributed by atoms with Crippen LogP contribution in [-0.4, -0.2) is 28.0 Å². The second kappa shape index (κ2) is 9.23. The minimum atomic E-state index is -0.410. The number of aromatic nitrogens is 2. The quantitative estimate of drug-likeness (QED) is 0.481. The molecule has 0 spiro atoms. The van der Waals surface area contributed by atoms with Gasteiger partial charge in [-0.05, 0) is 42.8 Å². The molecule has 0 aliphatic rings. The molecule has 1 heterocycles. The van der Waals surface area contributed by atoms with Crippen LogP contribution in [-0.2, 0) is 17.5 Å². The molecule has 3 aromatic rings. The van der Waals surface area contributed by atoms with Gasteiger partial charge in [-0.3, -0.25) is 4.79 Å². The number of hydrogen-bond acceptors (Lipinski definition) is 5. The normalized spacial score (nSPS) is 10.5. The van der Waals surface area contributed by atoms with Gasteiger partial charge in [0.05, 0.1) is 12.2 Å². The van der Waals surface area contributed by atoms with Gasteiger partial charge in [0.1, 0.15) is 0 Å². The van der Waals surface area contributed by atoms with Crippen molar-refractivity contribution in [2.24, 2.45) is 7.05 Å². The largest absolute Gasteiger partial charge is 0.462 e. The Bertz CT molecular complexity index is 984. The monoisotopic (exact) mass is 395 g/mol. The number of anilines is 1. The summed E-state index contributed by atoms with van der Waals surface area (Å²) in [5, 5.41) is 3.75. The SMILES string of the molecule is CCOC(=O)c1cccc(NC(=O)c2cccc(CSc3nccn3C)c2)c1. The van der Waals surface area contributed by atoms with Gasteiger partial charge in [0, 0.05) is 36.4 Å². The number of ether oxygens (including phenoxy) is 1. The number of aryl methyl sites for hydroxylation is 1. The first-order chi connectivity index (χ1) is 13.6. The average Bonchev–Trinajstić information content (AvgIpc) is 3.12.